The molecule has 1 spiro atoms. The fourth-order valence-corrected chi connectivity index (χ4v) is 4.34. The van der Waals surface area contributed by atoms with Crippen LogP contribution in [0.15, 0.2) is 30.6 Å². The Morgan fingerprint density at radius 2 is 2.04 bits per heavy atom. The third-order valence-corrected chi connectivity index (χ3v) is 5.70. The zero-order chi connectivity index (χ0) is 19.9. The molecule has 0 bridgehead atoms. The number of likely N-dealkylation sites (tertiary alicyclic amines) is 1. The molecule has 8 nitrogen and oxygen atoms in total. The van der Waals surface area contributed by atoms with Crippen molar-refractivity contribution in [1.29, 1.82) is 0 Å². The Bertz CT molecular complexity index is 920. The fraction of sp³-hybridized carbons (Fsp3) is 0.421. The first kappa shape index (κ1) is 18.9. The number of hydrogen-bond acceptors (Lipinski definition) is 5. The van der Waals surface area contributed by atoms with Gasteiger partial charge >= 0.3 is 0 Å². The lowest BCUT2D eigenvalue weighted by Crippen LogP contribution is -2.42. The first-order chi connectivity index (χ1) is 13.4. The lowest BCUT2D eigenvalue weighted by atomic mass is 9.83. The van der Waals surface area contributed by atoms with Gasteiger partial charge in [0.25, 0.3) is 5.91 Å². The molecule has 4 N–H and O–H groups in total. The predicted octanol–water partition coefficient (Wildman–Crippen LogP) is 1.07. The summed E-state index contributed by atoms with van der Waals surface area (Å²) < 4.78 is 7.74. The van der Waals surface area contributed by atoms with E-state index in [9.17, 15) is 9.59 Å². The van der Waals surface area contributed by atoms with Crippen molar-refractivity contribution < 1.29 is 14.3 Å². The van der Waals surface area contributed by atoms with Gasteiger partial charge in [-0.2, -0.15) is 5.10 Å². The second kappa shape index (κ2) is 7.20. The second-order valence-corrected chi connectivity index (χ2v) is 7.85. The number of rotatable bonds is 5. The van der Waals surface area contributed by atoms with E-state index in [2.05, 4.69) is 10.00 Å². The fourth-order valence-electron chi connectivity index (χ4n) is 4.17. The summed E-state index contributed by atoms with van der Waals surface area (Å²) in [7, 11) is 0. The number of carbonyl (C=O) groups is 2. The zero-order valence-corrected chi connectivity index (χ0v) is 16.1. The molecule has 0 radical (unpaired) electrons. The number of aromatic nitrogens is 2. The topological polar surface area (TPSA) is 116 Å². The highest BCUT2D eigenvalue weighted by atomic mass is 35.5. The molecule has 0 aliphatic carbocycles. The monoisotopic (exact) mass is 403 g/mol. The van der Waals surface area contributed by atoms with E-state index >= 15 is 0 Å². The van der Waals surface area contributed by atoms with E-state index < -0.39 is 23.5 Å². The van der Waals surface area contributed by atoms with Crippen molar-refractivity contribution in [2.45, 2.75) is 37.6 Å². The molecule has 1 aromatic heterocycles. The highest BCUT2D eigenvalue weighted by Crippen LogP contribution is 2.50. The summed E-state index contributed by atoms with van der Waals surface area (Å²) in [5, 5.41) is 4.78. The minimum Gasteiger partial charge on any atom is -0.368 e. The summed E-state index contributed by atoms with van der Waals surface area (Å²) in [5.41, 5.74) is 13.0. The minimum atomic E-state index is -0.731. The Morgan fingerprint density at radius 3 is 2.71 bits per heavy atom. The first-order valence-electron chi connectivity index (χ1n) is 9.15. The number of fused-ring (bicyclic) bond motifs is 2. The van der Waals surface area contributed by atoms with Gasteiger partial charge in [-0.15, -0.1) is 0 Å². The molecule has 1 aromatic carbocycles. The van der Waals surface area contributed by atoms with Crippen molar-refractivity contribution in [2.24, 2.45) is 11.5 Å². The molecule has 0 saturated carbocycles. The van der Waals surface area contributed by atoms with Crippen LogP contribution in [-0.2, 0) is 33.0 Å². The van der Waals surface area contributed by atoms with Crippen LogP contribution in [0.2, 0.25) is 5.02 Å². The lowest BCUT2D eigenvalue weighted by Gasteiger charge is -2.39. The quantitative estimate of drug-likeness (QED) is 0.774. The maximum absolute atomic E-state index is 11.9. The van der Waals surface area contributed by atoms with Gasteiger partial charge in [-0.1, -0.05) is 17.7 Å². The number of benzene rings is 1. The molecule has 2 aliphatic heterocycles. The van der Waals surface area contributed by atoms with Gasteiger partial charge < -0.3 is 16.2 Å². The van der Waals surface area contributed by atoms with Crippen LogP contribution in [0.4, 0.5) is 0 Å². The van der Waals surface area contributed by atoms with Crippen LogP contribution in [0.1, 0.15) is 35.6 Å². The zero-order valence-electron chi connectivity index (χ0n) is 15.3. The summed E-state index contributed by atoms with van der Waals surface area (Å²) in [6.45, 7) is 2.37. The number of ether oxygens (including phenoxy) is 1. The smallest absolute Gasteiger partial charge is 0.251 e. The van der Waals surface area contributed by atoms with E-state index in [1.54, 1.807) is 16.9 Å². The average molecular weight is 404 g/mol. The molecule has 1 atom stereocenters. The van der Waals surface area contributed by atoms with Crippen LogP contribution in [0, 0.1) is 0 Å². The lowest BCUT2D eigenvalue weighted by molar-refractivity contribution is -0.148. The van der Waals surface area contributed by atoms with E-state index in [0.29, 0.717) is 5.02 Å². The van der Waals surface area contributed by atoms with Crippen LogP contribution in [0.3, 0.4) is 0 Å². The highest BCUT2D eigenvalue weighted by Gasteiger charge is 2.48. The Morgan fingerprint density at radius 1 is 1.29 bits per heavy atom. The number of piperidine rings is 1. The van der Waals surface area contributed by atoms with Crippen molar-refractivity contribution in [1.82, 2.24) is 14.7 Å². The normalized spacial score (nSPS) is 21.0. The summed E-state index contributed by atoms with van der Waals surface area (Å²) in [6, 6.07) is 5.49. The summed E-state index contributed by atoms with van der Waals surface area (Å²) in [5.74, 6) is -0.904. The van der Waals surface area contributed by atoms with Crippen molar-refractivity contribution >= 4 is 23.4 Å². The largest absolute Gasteiger partial charge is 0.368 e. The molecular weight excluding hydrogens is 382 g/mol. The molecule has 1 saturated heterocycles. The maximum atomic E-state index is 11.9. The maximum Gasteiger partial charge on any atom is 0.251 e. The van der Waals surface area contributed by atoms with Gasteiger partial charge in [-0.05, 0) is 36.1 Å². The number of amides is 2. The SMILES string of the molecule is NC(=O)Cn1cc(CN2CCC3(CC2)OC(C(N)=O)c2ccc(Cl)cc23)cn1. The Labute approximate surface area is 167 Å². The van der Waals surface area contributed by atoms with E-state index in [4.69, 9.17) is 27.8 Å². The van der Waals surface area contributed by atoms with Crippen LogP contribution < -0.4 is 11.5 Å². The van der Waals surface area contributed by atoms with Crippen molar-refractivity contribution in [3.05, 3.63) is 52.3 Å². The first-order valence-corrected chi connectivity index (χ1v) is 9.53. The highest BCUT2D eigenvalue weighted by molar-refractivity contribution is 6.30. The van der Waals surface area contributed by atoms with E-state index in [-0.39, 0.29) is 6.54 Å². The van der Waals surface area contributed by atoms with Gasteiger partial charge in [0.15, 0.2) is 6.10 Å². The molecule has 3 heterocycles. The third-order valence-electron chi connectivity index (χ3n) is 5.46. The number of nitrogens with two attached hydrogens (primary N) is 2. The molecule has 148 valence electrons. The second-order valence-electron chi connectivity index (χ2n) is 7.41. The number of halogens is 1. The van der Waals surface area contributed by atoms with Gasteiger partial charge in [0.05, 0.1) is 11.8 Å². The molecule has 9 heteroatoms. The minimum absolute atomic E-state index is 0.0724. The number of primary amides is 2. The average Bonchev–Trinajstić information content (AvgIpc) is 3.19. The van der Waals surface area contributed by atoms with E-state index in [0.717, 1.165) is 49.2 Å². The van der Waals surface area contributed by atoms with Crippen LogP contribution in [-0.4, -0.2) is 39.6 Å². The molecule has 28 heavy (non-hydrogen) atoms. The van der Waals surface area contributed by atoms with Gasteiger partial charge in [-0.3, -0.25) is 19.2 Å². The molecule has 1 unspecified atom stereocenters. The molecule has 2 aliphatic rings. The Kier molecular flexibility index (Phi) is 4.86. The van der Waals surface area contributed by atoms with Crippen molar-refractivity contribution in [3.63, 3.8) is 0 Å². The van der Waals surface area contributed by atoms with Gasteiger partial charge in [-0.25, -0.2) is 0 Å². The van der Waals surface area contributed by atoms with Crippen molar-refractivity contribution in [2.75, 3.05) is 13.1 Å². The van der Waals surface area contributed by atoms with Crippen LogP contribution in [0.5, 0.6) is 0 Å². The standard InChI is InChI=1S/C19H22ClN5O3/c20-13-1-2-14-15(7-13)19(28-17(14)18(22)27)3-5-24(6-4-19)9-12-8-23-25(10-12)11-16(21)26/h1-2,7-8,10,17H,3-6,9,11H2,(H2,21,26)(H2,22,27). The molecule has 4 rings (SSSR count). The number of nitrogens with zero attached hydrogens (tertiary/aromatic N) is 3. The molecule has 1 fully saturated rings. The van der Waals surface area contributed by atoms with Gasteiger partial charge in [0, 0.05) is 36.4 Å². The van der Waals surface area contributed by atoms with Gasteiger partial charge in [0.1, 0.15) is 6.54 Å². The van der Waals surface area contributed by atoms with E-state index in [1.165, 1.54) is 0 Å². The number of hydrogen-bond donors (Lipinski definition) is 2. The van der Waals surface area contributed by atoms with Crippen LogP contribution in [0.25, 0.3) is 0 Å². The molecule has 2 amide bonds. The Hall–Kier alpha value is -2.42. The summed E-state index contributed by atoms with van der Waals surface area (Å²) >= 11 is 6.20. The third kappa shape index (κ3) is 3.50. The predicted molar refractivity (Wildman–Crippen MR) is 102 cm³/mol. The van der Waals surface area contributed by atoms with Gasteiger partial charge in [0.2, 0.25) is 5.91 Å². The molecule has 2 aromatic rings. The van der Waals surface area contributed by atoms with Crippen LogP contribution >= 0.6 is 11.6 Å². The van der Waals surface area contributed by atoms with E-state index in [1.807, 2.05) is 18.3 Å². The summed E-state index contributed by atoms with van der Waals surface area (Å²) in [6.07, 6.45) is 4.32. The Balaban J connectivity index is 1.46. The van der Waals surface area contributed by atoms with Crippen molar-refractivity contribution in [3.8, 4) is 0 Å². The molecular formula is C19H22ClN5O3. The summed E-state index contributed by atoms with van der Waals surface area (Å²) in [4.78, 5) is 25.2. The number of carbonyl (C=O) groups excluding carboxylic acids is 2.